The zero-order chi connectivity index (χ0) is 22.7. The molecular weight excluding hydrogens is 450 g/mol. The van der Waals surface area contributed by atoms with Crippen LogP contribution in [0.25, 0.3) is 22.6 Å². The number of methoxy groups -OCH3 is 2. The van der Waals surface area contributed by atoms with Crippen molar-refractivity contribution in [3.63, 3.8) is 0 Å². The minimum atomic E-state index is -0.443. The first-order valence-corrected chi connectivity index (χ1v) is 10.8. The van der Waals surface area contributed by atoms with E-state index >= 15 is 0 Å². The lowest BCUT2D eigenvalue weighted by atomic mass is 10.2. The highest BCUT2D eigenvalue weighted by Gasteiger charge is 2.21. The maximum absolute atomic E-state index is 12.9. The molecule has 0 spiro atoms. The van der Waals surface area contributed by atoms with Crippen LogP contribution < -0.4 is 33.1 Å². The number of imidazole rings is 1. The molecule has 0 amide bonds. The molecule has 1 aliphatic rings. The SMILES string of the molecule is CCCn1c(=O)[nH]c(=O)c2c1nc(-c1ccc(OC)c(OC)c1)n2CCN1CCOCC1.[Cl-]. The number of aromatic amines is 1. The summed E-state index contributed by atoms with van der Waals surface area (Å²) in [7, 11) is 3.16. The normalized spacial score (nSPS) is 14.3. The second kappa shape index (κ2) is 10.9. The van der Waals surface area contributed by atoms with Gasteiger partial charge in [0.1, 0.15) is 5.82 Å². The van der Waals surface area contributed by atoms with Crippen LogP contribution >= 0.6 is 0 Å². The molecule has 0 radical (unpaired) electrons. The number of H-pyrrole nitrogens is 1. The Labute approximate surface area is 197 Å². The van der Waals surface area contributed by atoms with E-state index in [1.165, 1.54) is 4.57 Å². The first kappa shape index (κ1) is 24.8. The molecule has 180 valence electrons. The van der Waals surface area contributed by atoms with Crippen LogP contribution in [-0.4, -0.2) is 71.1 Å². The number of halogens is 1. The third-order valence-corrected chi connectivity index (χ3v) is 5.72. The van der Waals surface area contributed by atoms with Gasteiger partial charge in [-0.05, 0) is 24.6 Å². The number of ether oxygens (including phenoxy) is 3. The fourth-order valence-corrected chi connectivity index (χ4v) is 4.08. The molecule has 1 aliphatic heterocycles. The first-order chi connectivity index (χ1) is 15.6. The number of hydrogen-bond acceptors (Lipinski definition) is 7. The van der Waals surface area contributed by atoms with E-state index in [0.717, 1.165) is 31.6 Å². The molecule has 0 bridgehead atoms. The van der Waals surface area contributed by atoms with Gasteiger partial charge in [0.15, 0.2) is 22.7 Å². The van der Waals surface area contributed by atoms with Crippen LogP contribution in [0.1, 0.15) is 13.3 Å². The number of aryl methyl sites for hydroxylation is 1. The van der Waals surface area contributed by atoms with E-state index in [9.17, 15) is 9.59 Å². The monoisotopic (exact) mass is 478 g/mol. The zero-order valence-electron chi connectivity index (χ0n) is 19.1. The smallest absolute Gasteiger partial charge is 0.330 e. The largest absolute Gasteiger partial charge is 1.00 e. The number of nitrogens with one attached hydrogen (secondary N) is 1. The molecule has 0 saturated carbocycles. The van der Waals surface area contributed by atoms with Crippen molar-refractivity contribution in [1.82, 2.24) is 24.0 Å². The Morgan fingerprint density at radius 1 is 1.03 bits per heavy atom. The topological polar surface area (TPSA) is 104 Å². The van der Waals surface area contributed by atoms with Gasteiger partial charge < -0.3 is 31.2 Å². The first-order valence-electron chi connectivity index (χ1n) is 10.8. The molecule has 3 aromatic rings. The van der Waals surface area contributed by atoms with Crippen molar-refractivity contribution >= 4 is 11.2 Å². The molecular formula is C22H29ClN5O5-. The predicted octanol–water partition coefficient (Wildman–Crippen LogP) is -1.68. The third kappa shape index (κ3) is 4.92. The van der Waals surface area contributed by atoms with Gasteiger partial charge in [-0.15, -0.1) is 0 Å². The summed E-state index contributed by atoms with van der Waals surface area (Å²) in [6.45, 7) is 6.82. The number of morpholine rings is 1. The van der Waals surface area contributed by atoms with E-state index in [4.69, 9.17) is 19.2 Å². The van der Waals surface area contributed by atoms with Crippen LogP contribution in [0.2, 0.25) is 0 Å². The van der Waals surface area contributed by atoms with Crippen molar-refractivity contribution in [2.75, 3.05) is 47.1 Å². The number of fused-ring (bicyclic) bond motifs is 1. The zero-order valence-corrected chi connectivity index (χ0v) is 19.9. The van der Waals surface area contributed by atoms with E-state index in [-0.39, 0.29) is 12.4 Å². The molecule has 1 N–H and O–H groups in total. The highest BCUT2D eigenvalue weighted by atomic mass is 35.5. The second-order valence-electron chi connectivity index (χ2n) is 7.69. The van der Waals surface area contributed by atoms with Gasteiger partial charge in [0.05, 0.1) is 27.4 Å². The fourth-order valence-electron chi connectivity index (χ4n) is 4.08. The summed E-state index contributed by atoms with van der Waals surface area (Å²) >= 11 is 0. The highest BCUT2D eigenvalue weighted by Crippen LogP contribution is 2.33. The quantitative estimate of drug-likeness (QED) is 0.412. The van der Waals surface area contributed by atoms with E-state index in [1.807, 2.05) is 29.7 Å². The molecule has 1 saturated heterocycles. The predicted molar refractivity (Wildman–Crippen MR) is 121 cm³/mol. The van der Waals surface area contributed by atoms with Crippen molar-refractivity contribution in [3.05, 3.63) is 39.0 Å². The fraction of sp³-hybridized carbons (Fsp3) is 0.500. The Kier molecular flexibility index (Phi) is 8.17. The Balaban J connectivity index is 0.00000306. The Morgan fingerprint density at radius 3 is 2.42 bits per heavy atom. The molecule has 0 unspecified atom stereocenters. The van der Waals surface area contributed by atoms with E-state index < -0.39 is 11.2 Å². The van der Waals surface area contributed by atoms with Gasteiger partial charge in [-0.2, -0.15) is 0 Å². The standard InChI is InChI=1S/C22H29N5O5.ClH/c1-4-7-27-20-18(21(28)24-22(27)29)26(9-8-25-10-12-32-13-11-25)19(23-20)15-5-6-16(30-2)17(14-15)31-3;/h5-6,14H,4,7-13H2,1-3H3,(H,24,28,29);1H/p-1. The van der Waals surface area contributed by atoms with E-state index in [2.05, 4.69) is 9.88 Å². The van der Waals surface area contributed by atoms with Gasteiger partial charge in [-0.3, -0.25) is 19.2 Å². The lowest BCUT2D eigenvalue weighted by Crippen LogP contribution is -3.00. The molecule has 10 nitrogen and oxygen atoms in total. The van der Waals surface area contributed by atoms with Crippen LogP contribution in [0.4, 0.5) is 0 Å². The summed E-state index contributed by atoms with van der Waals surface area (Å²) < 4.78 is 19.7. The summed E-state index contributed by atoms with van der Waals surface area (Å²) in [5, 5.41) is 0. The maximum Gasteiger partial charge on any atom is 0.330 e. The summed E-state index contributed by atoms with van der Waals surface area (Å²) in [5.74, 6) is 1.78. The van der Waals surface area contributed by atoms with Crippen molar-refractivity contribution in [2.24, 2.45) is 0 Å². The van der Waals surface area contributed by atoms with Crippen LogP contribution in [-0.2, 0) is 17.8 Å². The van der Waals surface area contributed by atoms with Gasteiger partial charge in [0.25, 0.3) is 5.56 Å². The summed E-state index contributed by atoms with van der Waals surface area (Å²) in [5.41, 5.74) is 0.693. The van der Waals surface area contributed by atoms with Gasteiger partial charge in [-0.1, -0.05) is 6.92 Å². The van der Waals surface area contributed by atoms with Crippen LogP contribution in [0, 0.1) is 0 Å². The second-order valence-corrected chi connectivity index (χ2v) is 7.69. The van der Waals surface area contributed by atoms with Gasteiger partial charge in [0, 0.05) is 38.3 Å². The van der Waals surface area contributed by atoms with Crippen molar-refractivity contribution < 1.29 is 26.6 Å². The number of aromatic nitrogens is 4. The number of nitrogens with zero attached hydrogens (tertiary/aromatic N) is 4. The summed E-state index contributed by atoms with van der Waals surface area (Å²) in [6, 6.07) is 5.52. The number of hydrogen-bond donors (Lipinski definition) is 1. The molecule has 33 heavy (non-hydrogen) atoms. The average molecular weight is 479 g/mol. The molecule has 0 aliphatic carbocycles. The van der Waals surface area contributed by atoms with Gasteiger partial charge in [0.2, 0.25) is 0 Å². The van der Waals surface area contributed by atoms with Crippen molar-refractivity contribution in [2.45, 2.75) is 26.4 Å². The molecule has 1 aromatic carbocycles. The lowest BCUT2D eigenvalue weighted by molar-refractivity contribution is -0.00000898. The third-order valence-electron chi connectivity index (χ3n) is 5.72. The molecule has 1 fully saturated rings. The average Bonchev–Trinajstić information content (AvgIpc) is 3.20. The highest BCUT2D eigenvalue weighted by molar-refractivity contribution is 5.77. The van der Waals surface area contributed by atoms with Gasteiger partial charge >= 0.3 is 5.69 Å². The van der Waals surface area contributed by atoms with Crippen LogP contribution in [0.3, 0.4) is 0 Å². The Morgan fingerprint density at radius 2 is 1.76 bits per heavy atom. The van der Waals surface area contributed by atoms with E-state index in [0.29, 0.717) is 54.8 Å². The van der Waals surface area contributed by atoms with Crippen LogP contribution in [0.15, 0.2) is 27.8 Å². The van der Waals surface area contributed by atoms with Gasteiger partial charge in [-0.25, -0.2) is 9.78 Å². The lowest BCUT2D eigenvalue weighted by Gasteiger charge is -2.26. The Bertz CT molecular complexity index is 1210. The summed E-state index contributed by atoms with van der Waals surface area (Å²) in [4.78, 5) is 34.9. The minimum Gasteiger partial charge on any atom is -1.00 e. The number of rotatable bonds is 8. The van der Waals surface area contributed by atoms with Crippen molar-refractivity contribution in [3.8, 4) is 22.9 Å². The van der Waals surface area contributed by atoms with E-state index in [1.54, 1.807) is 14.2 Å². The number of benzene rings is 1. The summed E-state index contributed by atoms with van der Waals surface area (Å²) in [6.07, 6.45) is 0.743. The molecule has 2 aromatic heterocycles. The molecule has 4 rings (SSSR count). The molecule has 11 heteroatoms. The minimum absolute atomic E-state index is 0. The molecule has 3 heterocycles. The maximum atomic E-state index is 12.9. The van der Waals surface area contributed by atoms with Crippen molar-refractivity contribution in [1.29, 1.82) is 0 Å². The molecule has 0 atom stereocenters. The van der Waals surface area contributed by atoms with Crippen LogP contribution in [0.5, 0.6) is 11.5 Å². The Hall–Kier alpha value is -2.82.